The molecule has 0 amide bonds. The molecule has 1 aliphatic carbocycles. The van der Waals surface area contributed by atoms with Crippen LogP contribution in [0.15, 0.2) is 18.2 Å². The van der Waals surface area contributed by atoms with Crippen LogP contribution >= 0.6 is 0 Å². The molecule has 4 heteroatoms. The third-order valence-electron chi connectivity index (χ3n) is 2.53. The van der Waals surface area contributed by atoms with Gasteiger partial charge >= 0.3 is 0 Å². The van der Waals surface area contributed by atoms with Crippen LogP contribution in [0.1, 0.15) is 12.8 Å². The topological polar surface area (TPSA) is 44.5 Å². The highest BCUT2D eigenvalue weighted by atomic mass is 19.1. The van der Waals surface area contributed by atoms with Crippen molar-refractivity contribution in [2.45, 2.75) is 18.4 Å². The van der Waals surface area contributed by atoms with E-state index in [2.05, 4.69) is 0 Å². The number of benzene rings is 1. The Hall–Kier alpha value is -1.29. The van der Waals surface area contributed by atoms with Gasteiger partial charge in [0.25, 0.3) is 0 Å². The summed E-state index contributed by atoms with van der Waals surface area (Å²) in [5.74, 6) is 0.600. The molecule has 0 unspecified atom stereocenters. The quantitative estimate of drug-likeness (QED) is 0.824. The fourth-order valence-corrected chi connectivity index (χ4v) is 1.29. The van der Waals surface area contributed by atoms with Gasteiger partial charge in [0.1, 0.15) is 12.4 Å². The molecule has 15 heavy (non-hydrogen) atoms. The maximum atomic E-state index is 13.0. The van der Waals surface area contributed by atoms with Gasteiger partial charge in [0.2, 0.25) is 0 Å². The number of hydrogen-bond acceptors (Lipinski definition) is 3. The molecule has 1 aliphatic rings. The SMILES string of the molecule is COc1ccc(F)cc1OCC1(N)CC1. The lowest BCUT2D eigenvalue weighted by Gasteiger charge is -2.13. The molecule has 1 saturated carbocycles. The van der Waals surface area contributed by atoms with Crippen LogP contribution < -0.4 is 15.2 Å². The van der Waals surface area contributed by atoms with Gasteiger partial charge in [-0.05, 0) is 25.0 Å². The zero-order valence-electron chi connectivity index (χ0n) is 8.63. The van der Waals surface area contributed by atoms with Crippen molar-refractivity contribution < 1.29 is 13.9 Å². The van der Waals surface area contributed by atoms with Crippen LogP contribution in [0.3, 0.4) is 0 Å². The predicted molar refractivity (Wildman–Crippen MR) is 54.6 cm³/mol. The Morgan fingerprint density at radius 3 is 2.73 bits per heavy atom. The van der Waals surface area contributed by atoms with Gasteiger partial charge < -0.3 is 15.2 Å². The third kappa shape index (κ3) is 2.39. The molecule has 2 N–H and O–H groups in total. The van der Waals surface area contributed by atoms with E-state index in [9.17, 15) is 4.39 Å². The Labute approximate surface area is 88.0 Å². The summed E-state index contributed by atoms with van der Waals surface area (Å²) in [4.78, 5) is 0. The predicted octanol–water partition coefficient (Wildman–Crippen LogP) is 1.70. The van der Waals surface area contributed by atoms with Crippen molar-refractivity contribution in [1.29, 1.82) is 0 Å². The van der Waals surface area contributed by atoms with Gasteiger partial charge in [-0.2, -0.15) is 0 Å². The van der Waals surface area contributed by atoms with E-state index in [-0.39, 0.29) is 11.4 Å². The van der Waals surface area contributed by atoms with Crippen LogP contribution in [0.2, 0.25) is 0 Å². The smallest absolute Gasteiger partial charge is 0.164 e. The molecule has 0 bridgehead atoms. The number of ether oxygens (including phenoxy) is 2. The third-order valence-corrected chi connectivity index (χ3v) is 2.53. The molecule has 0 aromatic heterocycles. The van der Waals surface area contributed by atoms with Gasteiger partial charge in [-0.1, -0.05) is 0 Å². The van der Waals surface area contributed by atoms with Gasteiger partial charge in [-0.15, -0.1) is 0 Å². The average Bonchev–Trinajstić information content (AvgIpc) is 2.95. The van der Waals surface area contributed by atoms with Crippen molar-refractivity contribution >= 4 is 0 Å². The summed E-state index contributed by atoms with van der Waals surface area (Å²) in [5.41, 5.74) is 5.65. The highest BCUT2D eigenvalue weighted by molar-refractivity contribution is 5.40. The van der Waals surface area contributed by atoms with Crippen LogP contribution in [-0.4, -0.2) is 19.3 Å². The number of methoxy groups -OCH3 is 1. The van der Waals surface area contributed by atoms with Gasteiger partial charge in [-0.25, -0.2) is 4.39 Å². The average molecular weight is 211 g/mol. The summed E-state index contributed by atoms with van der Waals surface area (Å²) in [6, 6.07) is 4.19. The first-order valence-corrected chi connectivity index (χ1v) is 4.88. The van der Waals surface area contributed by atoms with Crippen LogP contribution in [0.4, 0.5) is 4.39 Å². The highest BCUT2D eigenvalue weighted by Crippen LogP contribution is 2.34. The Bertz CT molecular complexity index is 364. The standard InChI is InChI=1S/C11H14FNO2/c1-14-9-3-2-8(12)6-10(9)15-7-11(13)4-5-11/h2-3,6H,4-5,7,13H2,1H3. The fraction of sp³-hybridized carbons (Fsp3) is 0.455. The van der Waals surface area contributed by atoms with Crippen LogP contribution in [0, 0.1) is 5.82 Å². The van der Waals surface area contributed by atoms with Crippen molar-refractivity contribution in [1.82, 2.24) is 0 Å². The number of nitrogens with two attached hydrogens (primary N) is 1. The molecule has 3 nitrogen and oxygen atoms in total. The Kier molecular flexibility index (Phi) is 2.52. The summed E-state index contributed by atoms with van der Waals surface area (Å²) in [6.07, 6.45) is 1.93. The number of hydrogen-bond donors (Lipinski definition) is 1. The summed E-state index contributed by atoms with van der Waals surface area (Å²) < 4.78 is 23.5. The lowest BCUT2D eigenvalue weighted by Crippen LogP contribution is -2.29. The molecule has 1 fully saturated rings. The second-order valence-corrected chi connectivity index (χ2v) is 3.95. The lowest BCUT2D eigenvalue weighted by atomic mass is 10.3. The van der Waals surface area contributed by atoms with Crippen molar-refractivity contribution in [3.63, 3.8) is 0 Å². The van der Waals surface area contributed by atoms with Crippen LogP contribution in [-0.2, 0) is 0 Å². The van der Waals surface area contributed by atoms with E-state index in [1.807, 2.05) is 0 Å². The van der Waals surface area contributed by atoms with E-state index >= 15 is 0 Å². The molecular weight excluding hydrogens is 197 g/mol. The van der Waals surface area contributed by atoms with Crippen LogP contribution in [0.5, 0.6) is 11.5 Å². The highest BCUT2D eigenvalue weighted by Gasteiger charge is 2.39. The first kappa shape index (κ1) is 10.2. The molecule has 0 radical (unpaired) electrons. The molecule has 82 valence electrons. The van der Waals surface area contributed by atoms with E-state index in [4.69, 9.17) is 15.2 Å². The maximum Gasteiger partial charge on any atom is 0.164 e. The Morgan fingerprint density at radius 2 is 2.13 bits per heavy atom. The van der Waals surface area contributed by atoms with E-state index in [1.165, 1.54) is 19.2 Å². The molecule has 1 aromatic carbocycles. The van der Waals surface area contributed by atoms with E-state index in [0.29, 0.717) is 18.1 Å². The zero-order chi connectivity index (χ0) is 10.9. The first-order valence-electron chi connectivity index (χ1n) is 4.88. The molecule has 0 aliphatic heterocycles. The van der Waals surface area contributed by atoms with Crippen molar-refractivity contribution in [3.8, 4) is 11.5 Å². The largest absolute Gasteiger partial charge is 0.493 e. The summed E-state index contributed by atoms with van der Waals surface area (Å²) >= 11 is 0. The summed E-state index contributed by atoms with van der Waals surface area (Å²) in [5, 5.41) is 0. The molecular formula is C11H14FNO2. The normalized spacial score (nSPS) is 17.3. The fourth-order valence-electron chi connectivity index (χ4n) is 1.29. The van der Waals surface area contributed by atoms with Crippen molar-refractivity contribution in [2.24, 2.45) is 5.73 Å². The van der Waals surface area contributed by atoms with E-state index in [0.717, 1.165) is 12.8 Å². The summed E-state index contributed by atoms with van der Waals surface area (Å²) in [7, 11) is 1.52. The minimum absolute atomic E-state index is 0.211. The monoisotopic (exact) mass is 211 g/mol. The van der Waals surface area contributed by atoms with Gasteiger partial charge in [-0.3, -0.25) is 0 Å². The molecule has 0 saturated heterocycles. The molecule has 0 spiro atoms. The van der Waals surface area contributed by atoms with Gasteiger partial charge in [0.05, 0.1) is 12.6 Å². The summed E-state index contributed by atoms with van der Waals surface area (Å²) in [6.45, 7) is 0.410. The minimum atomic E-state index is -0.340. The molecule has 0 heterocycles. The van der Waals surface area contributed by atoms with Crippen LogP contribution in [0.25, 0.3) is 0 Å². The lowest BCUT2D eigenvalue weighted by molar-refractivity contribution is 0.263. The first-order chi connectivity index (χ1) is 7.13. The number of halogens is 1. The molecule has 2 rings (SSSR count). The zero-order valence-corrected chi connectivity index (χ0v) is 8.63. The second kappa shape index (κ2) is 3.70. The van der Waals surface area contributed by atoms with Crippen molar-refractivity contribution in [3.05, 3.63) is 24.0 Å². The Morgan fingerprint density at radius 1 is 1.40 bits per heavy atom. The van der Waals surface area contributed by atoms with E-state index < -0.39 is 0 Å². The molecule has 0 atom stereocenters. The molecule has 1 aromatic rings. The Balaban J connectivity index is 2.08. The van der Waals surface area contributed by atoms with Gasteiger partial charge in [0.15, 0.2) is 11.5 Å². The van der Waals surface area contributed by atoms with E-state index in [1.54, 1.807) is 6.07 Å². The maximum absolute atomic E-state index is 13.0. The van der Waals surface area contributed by atoms with Gasteiger partial charge in [0, 0.05) is 6.07 Å². The van der Waals surface area contributed by atoms with Crippen molar-refractivity contribution in [2.75, 3.05) is 13.7 Å². The minimum Gasteiger partial charge on any atom is -0.493 e. The number of rotatable bonds is 4. The second-order valence-electron chi connectivity index (χ2n) is 3.95.